The monoisotopic (exact) mass is 277 g/mol. The quantitative estimate of drug-likeness (QED) is 0.824. The van der Waals surface area contributed by atoms with Gasteiger partial charge in [-0.05, 0) is 50.8 Å². The molecule has 0 saturated carbocycles. The highest BCUT2D eigenvalue weighted by Gasteiger charge is 2.16. The molecule has 1 saturated heterocycles. The van der Waals surface area contributed by atoms with Gasteiger partial charge >= 0.3 is 0 Å². The maximum absolute atomic E-state index is 5.80. The maximum Gasteiger partial charge on any atom is 0.119 e. The van der Waals surface area contributed by atoms with Crippen molar-refractivity contribution in [1.82, 2.24) is 5.32 Å². The van der Waals surface area contributed by atoms with Crippen LogP contribution in [0.2, 0.25) is 0 Å². The van der Waals surface area contributed by atoms with Gasteiger partial charge in [-0.15, -0.1) is 0 Å². The summed E-state index contributed by atoms with van der Waals surface area (Å²) in [5.74, 6) is 0.953. The molecule has 0 spiro atoms. The fourth-order valence-electron chi connectivity index (χ4n) is 2.38. The molecule has 0 unspecified atom stereocenters. The topological polar surface area (TPSA) is 30.5 Å². The summed E-state index contributed by atoms with van der Waals surface area (Å²) in [5, 5.41) is 3.55. The fraction of sp³-hybridized carbons (Fsp3) is 0.647. The van der Waals surface area contributed by atoms with E-state index in [4.69, 9.17) is 9.47 Å². The molecule has 1 heterocycles. The van der Waals surface area contributed by atoms with Gasteiger partial charge in [0.1, 0.15) is 5.75 Å². The third kappa shape index (κ3) is 4.50. The molecule has 1 N–H and O–H groups in total. The molecule has 112 valence electrons. The molecule has 20 heavy (non-hydrogen) atoms. The molecule has 3 heteroatoms. The minimum absolute atomic E-state index is 0.274. The number of hydrogen-bond donors (Lipinski definition) is 1. The molecule has 1 fully saturated rings. The lowest BCUT2D eigenvalue weighted by Gasteiger charge is -2.18. The molecule has 3 atom stereocenters. The van der Waals surface area contributed by atoms with Crippen molar-refractivity contribution in [3.05, 3.63) is 29.8 Å². The zero-order valence-electron chi connectivity index (χ0n) is 12.9. The number of ether oxygens (including phenoxy) is 2. The van der Waals surface area contributed by atoms with Gasteiger partial charge in [0, 0.05) is 19.2 Å². The molecule has 1 aliphatic rings. The first kappa shape index (κ1) is 15.3. The van der Waals surface area contributed by atoms with Crippen LogP contribution in [0.5, 0.6) is 5.75 Å². The molecule has 2 rings (SSSR count). The molecule has 0 amide bonds. The Morgan fingerprint density at radius 2 is 2.05 bits per heavy atom. The van der Waals surface area contributed by atoms with Crippen LogP contribution in [-0.4, -0.2) is 25.4 Å². The Morgan fingerprint density at radius 3 is 2.65 bits per heavy atom. The Kier molecular flexibility index (Phi) is 5.86. The van der Waals surface area contributed by atoms with Crippen molar-refractivity contribution in [2.75, 3.05) is 13.2 Å². The summed E-state index contributed by atoms with van der Waals surface area (Å²) in [7, 11) is 0. The van der Waals surface area contributed by atoms with Gasteiger partial charge in [0.05, 0.1) is 12.2 Å². The highest BCUT2D eigenvalue weighted by atomic mass is 16.5. The molecule has 1 aliphatic heterocycles. The third-order valence-corrected chi connectivity index (χ3v) is 3.97. The van der Waals surface area contributed by atoms with Crippen LogP contribution >= 0.6 is 0 Å². The predicted octanol–water partition coefficient (Wildman–Crippen LogP) is 3.69. The number of rotatable bonds is 7. The largest absolute Gasteiger partial charge is 0.491 e. The van der Waals surface area contributed by atoms with E-state index in [2.05, 4.69) is 50.4 Å². The first-order chi connectivity index (χ1) is 9.69. The number of nitrogens with one attached hydrogen (secondary N) is 1. The molecule has 0 aromatic heterocycles. The van der Waals surface area contributed by atoms with E-state index in [-0.39, 0.29) is 6.10 Å². The van der Waals surface area contributed by atoms with Crippen LogP contribution in [0, 0.1) is 0 Å². The summed E-state index contributed by atoms with van der Waals surface area (Å²) in [6.07, 6.45) is 4.08. The summed E-state index contributed by atoms with van der Waals surface area (Å²) in [6, 6.07) is 8.75. The van der Waals surface area contributed by atoms with E-state index >= 15 is 0 Å². The van der Waals surface area contributed by atoms with Crippen molar-refractivity contribution in [3.8, 4) is 5.75 Å². The van der Waals surface area contributed by atoms with Gasteiger partial charge in [-0.2, -0.15) is 0 Å². The predicted molar refractivity (Wildman–Crippen MR) is 82.2 cm³/mol. The minimum Gasteiger partial charge on any atom is -0.491 e. The molecule has 0 aliphatic carbocycles. The average molecular weight is 277 g/mol. The van der Waals surface area contributed by atoms with E-state index < -0.39 is 0 Å². The van der Waals surface area contributed by atoms with Crippen molar-refractivity contribution in [3.63, 3.8) is 0 Å². The summed E-state index contributed by atoms with van der Waals surface area (Å²) in [6.45, 7) is 8.28. The third-order valence-electron chi connectivity index (χ3n) is 3.97. The molecule has 3 nitrogen and oxygen atoms in total. The molecular formula is C17H27NO2. The van der Waals surface area contributed by atoms with Crippen molar-refractivity contribution in [1.29, 1.82) is 0 Å². The normalized spacial score (nSPS) is 21.6. The van der Waals surface area contributed by atoms with E-state index in [1.165, 1.54) is 18.4 Å². The summed E-state index contributed by atoms with van der Waals surface area (Å²) >= 11 is 0. The van der Waals surface area contributed by atoms with Crippen LogP contribution in [-0.2, 0) is 4.74 Å². The first-order valence-electron chi connectivity index (χ1n) is 7.80. The molecular weight excluding hydrogens is 250 g/mol. The van der Waals surface area contributed by atoms with Crippen molar-refractivity contribution in [2.24, 2.45) is 0 Å². The molecule has 1 aromatic carbocycles. The standard InChI is InChI=1S/C17H27NO2/c1-4-13(2)20-16-9-7-15(8-10-16)14(3)18-12-17-6-5-11-19-17/h7-10,13-14,17-18H,4-6,11-12H2,1-3H3/t13-,14-,17-/m0/s1. The zero-order chi connectivity index (χ0) is 14.4. The minimum atomic E-state index is 0.274. The first-order valence-corrected chi connectivity index (χ1v) is 7.80. The molecule has 1 aromatic rings. The number of benzene rings is 1. The van der Waals surface area contributed by atoms with E-state index in [9.17, 15) is 0 Å². The van der Waals surface area contributed by atoms with Crippen LogP contribution < -0.4 is 10.1 Å². The van der Waals surface area contributed by atoms with Gasteiger partial charge in [-0.3, -0.25) is 0 Å². The Bertz CT molecular complexity index is 384. The zero-order valence-corrected chi connectivity index (χ0v) is 12.9. The highest BCUT2D eigenvalue weighted by molar-refractivity contribution is 5.29. The lowest BCUT2D eigenvalue weighted by molar-refractivity contribution is 0.108. The van der Waals surface area contributed by atoms with Gasteiger partial charge in [0.15, 0.2) is 0 Å². The van der Waals surface area contributed by atoms with E-state index in [1.807, 2.05) is 0 Å². The average Bonchev–Trinajstić information content (AvgIpc) is 2.98. The smallest absolute Gasteiger partial charge is 0.119 e. The van der Waals surface area contributed by atoms with Gasteiger partial charge in [-0.25, -0.2) is 0 Å². The van der Waals surface area contributed by atoms with Crippen molar-refractivity contribution < 1.29 is 9.47 Å². The second-order valence-corrected chi connectivity index (χ2v) is 5.67. The Morgan fingerprint density at radius 1 is 1.30 bits per heavy atom. The maximum atomic E-state index is 5.80. The lowest BCUT2D eigenvalue weighted by Crippen LogP contribution is -2.28. The van der Waals surface area contributed by atoms with Crippen LogP contribution in [0.4, 0.5) is 0 Å². The summed E-state index contributed by atoms with van der Waals surface area (Å²) in [4.78, 5) is 0. The van der Waals surface area contributed by atoms with E-state index in [1.54, 1.807) is 0 Å². The van der Waals surface area contributed by atoms with E-state index in [0.717, 1.165) is 25.3 Å². The number of hydrogen-bond acceptors (Lipinski definition) is 3. The lowest BCUT2D eigenvalue weighted by atomic mass is 10.1. The fourth-order valence-corrected chi connectivity index (χ4v) is 2.38. The van der Waals surface area contributed by atoms with Crippen molar-refractivity contribution in [2.45, 2.75) is 58.3 Å². The Hall–Kier alpha value is -1.06. The Balaban J connectivity index is 1.81. The molecule has 0 bridgehead atoms. The van der Waals surface area contributed by atoms with Crippen molar-refractivity contribution >= 4 is 0 Å². The van der Waals surface area contributed by atoms with E-state index in [0.29, 0.717) is 12.1 Å². The van der Waals surface area contributed by atoms with Crippen LogP contribution in [0.15, 0.2) is 24.3 Å². The highest BCUT2D eigenvalue weighted by Crippen LogP contribution is 2.20. The van der Waals surface area contributed by atoms with Gasteiger partial charge in [0.2, 0.25) is 0 Å². The Labute approximate surface area is 122 Å². The second-order valence-electron chi connectivity index (χ2n) is 5.67. The van der Waals surface area contributed by atoms with Crippen LogP contribution in [0.25, 0.3) is 0 Å². The summed E-state index contributed by atoms with van der Waals surface area (Å²) < 4.78 is 11.4. The van der Waals surface area contributed by atoms with Gasteiger partial charge in [0.25, 0.3) is 0 Å². The van der Waals surface area contributed by atoms with Gasteiger partial charge < -0.3 is 14.8 Å². The van der Waals surface area contributed by atoms with Crippen LogP contribution in [0.1, 0.15) is 51.6 Å². The summed E-state index contributed by atoms with van der Waals surface area (Å²) in [5.41, 5.74) is 1.29. The van der Waals surface area contributed by atoms with Gasteiger partial charge in [-0.1, -0.05) is 19.1 Å². The molecule has 0 radical (unpaired) electrons. The van der Waals surface area contributed by atoms with Crippen LogP contribution in [0.3, 0.4) is 0 Å². The SMILES string of the molecule is CC[C@H](C)Oc1ccc([C@H](C)NC[C@@H]2CCCO2)cc1. The second kappa shape index (κ2) is 7.65.